The van der Waals surface area contributed by atoms with Gasteiger partial charge in [0, 0.05) is 56.4 Å². The van der Waals surface area contributed by atoms with Gasteiger partial charge in [0.1, 0.15) is 23.0 Å². The van der Waals surface area contributed by atoms with Crippen LogP contribution in [0, 0.1) is 10.8 Å². The number of carbonyl (C=O) groups excluding carboxylic acids is 4. The van der Waals surface area contributed by atoms with Gasteiger partial charge >= 0.3 is 0 Å². The van der Waals surface area contributed by atoms with Crippen LogP contribution in [0.4, 0.5) is 0 Å². The second kappa shape index (κ2) is 27.4. The number of amides is 4. The second-order valence-electron chi connectivity index (χ2n) is 17.0. The Morgan fingerprint density at radius 1 is 0.538 bits per heavy atom. The summed E-state index contributed by atoms with van der Waals surface area (Å²) in [5.74, 6) is -0.404. The van der Waals surface area contributed by atoms with Gasteiger partial charge in [-0.25, -0.2) is 0 Å². The number of carbonyl (C=O) groups is 4. The zero-order valence-corrected chi connectivity index (χ0v) is 38.8. The molecule has 4 amide bonds. The molecule has 19 nitrogen and oxygen atoms in total. The summed E-state index contributed by atoms with van der Waals surface area (Å²) in [7, 11) is 6.77. The lowest BCUT2D eigenvalue weighted by molar-refractivity contribution is 0.0886. The van der Waals surface area contributed by atoms with Crippen LogP contribution < -0.4 is 62.3 Å². The molecule has 0 aromatic heterocycles. The van der Waals surface area contributed by atoms with Gasteiger partial charge in [0.25, 0.3) is 23.6 Å². The van der Waals surface area contributed by atoms with E-state index in [9.17, 15) is 19.2 Å². The molecule has 0 unspecified atom stereocenters. The number of nitrogens with one attached hydrogen (secondary N) is 8. The molecular weight excluding hydrogens is 835 g/mol. The Kier molecular flexibility index (Phi) is 21.7. The van der Waals surface area contributed by atoms with Crippen LogP contribution in [0.3, 0.4) is 0 Å². The van der Waals surface area contributed by atoms with Gasteiger partial charge in [-0.1, -0.05) is 19.3 Å². The number of unbranched alkanes of at least 4 members (excludes halogenated alkanes) is 4. The molecule has 2 aliphatic carbocycles. The highest BCUT2D eigenvalue weighted by atomic mass is 16.5. The van der Waals surface area contributed by atoms with Crippen molar-refractivity contribution in [1.82, 2.24) is 36.8 Å². The van der Waals surface area contributed by atoms with Gasteiger partial charge in [-0.3, -0.25) is 30.0 Å². The third-order valence-electron chi connectivity index (χ3n) is 11.6. The first-order valence-electron chi connectivity index (χ1n) is 23.0. The van der Waals surface area contributed by atoms with Crippen molar-refractivity contribution in [3.8, 4) is 23.0 Å². The molecule has 0 radical (unpaired) electrons. The molecule has 2 aromatic carbocycles. The van der Waals surface area contributed by atoms with Crippen molar-refractivity contribution in [3.63, 3.8) is 0 Å². The quantitative estimate of drug-likeness (QED) is 0.0368. The van der Waals surface area contributed by atoms with Crippen molar-refractivity contribution >= 4 is 35.5 Å². The Morgan fingerprint density at radius 2 is 0.938 bits per heavy atom. The molecule has 0 atom stereocenters. The molecule has 0 aliphatic heterocycles. The predicted octanol–water partition coefficient (Wildman–Crippen LogP) is 3.59. The molecule has 0 spiro atoms. The maximum absolute atomic E-state index is 14.2. The number of ether oxygens (including phenoxy) is 4. The third-order valence-corrected chi connectivity index (χ3v) is 11.6. The van der Waals surface area contributed by atoms with Crippen LogP contribution in [0.15, 0.2) is 24.3 Å². The van der Waals surface area contributed by atoms with E-state index in [0.29, 0.717) is 95.2 Å². The van der Waals surface area contributed by atoms with Crippen molar-refractivity contribution < 1.29 is 38.1 Å². The van der Waals surface area contributed by atoms with E-state index >= 15 is 0 Å². The lowest BCUT2D eigenvalue weighted by atomic mass is 9.90. The highest BCUT2D eigenvalue weighted by Gasteiger charge is 2.29. The summed E-state index contributed by atoms with van der Waals surface area (Å²) in [6.07, 6.45) is 12.0. The van der Waals surface area contributed by atoms with Crippen LogP contribution in [-0.2, 0) is 0 Å². The Bertz CT molecular complexity index is 1900. The Morgan fingerprint density at radius 3 is 1.35 bits per heavy atom. The van der Waals surface area contributed by atoms with Crippen molar-refractivity contribution in [2.24, 2.45) is 11.5 Å². The van der Waals surface area contributed by atoms with E-state index in [1.165, 1.54) is 26.4 Å². The van der Waals surface area contributed by atoms with Crippen LogP contribution in [0.5, 0.6) is 23.0 Å². The number of nitrogens with two attached hydrogens (primary N) is 2. The minimum atomic E-state index is -0.396. The molecule has 0 saturated heterocycles. The summed E-state index contributed by atoms with van der Waals surface area (Å²) in [4.78, 5) is 57.0. The van der Waals surface area contributed by atoms with Crippen molar-refractivity contribution in [2.75, 3.05) is 67.7 Å². The monoisotopic (exact) mass is 908 g/mol. The first kappa shape index (κ1) is 51.7. The van der Waals surface area contributed by atoms with Crippen LogP contribution in [0.25, 0.3) is 0 Å². The largest absolute Gasteiger partial charge is 0.496 e. The number of methoxy groups -OCH3 is 2. The predicted molar refractivity (Wildman–Crippen MR) is 251 cm³/mol. The molecule has 2 saturated carbocycles. The number of rotatable bonds is 26. The molecule has 19 heteroatoms. The number of benzene rings is 2. The first-order chi connectivity index (χ1) is 31.3. The lowest BCUT2D eigenvalue weighted by Gasteiger charge is -2.30. The number of likely N-dealkylation sites (N-methyl/N-ethyl adjacent to an activating group) is 1. The van der Waals surface area contributed by atoms with E-state index in [2.05, 4.69) is 31.9 Å². The zero-order valence-electron chi connectivity index (χ0n) is 38.8. The number of nitrogens with zero attached hydrogens (tertiary/aromatic N) is 1. The van der Waals surface area contributed by atoms with Crippen molar-refractivity contribution in [1.29, 1.82) is 10.8 Å². The summed E-state index contributed by atoms with van der Waals surface area (Å²) in [5.41, 5.74) is 11.7. The van der Waals surface area contributed by atoms with Crippen LogP contribution in [0.2, 0.25) is 0 Å². The average Bonchev–Trinajstić information content (AvgIpc) is 3.28. The maximum Gasteiger partial charge on any atom is 0.255 e. The molecule has 2 fully saturated rings. The molecular formula is C46H73N11O8. The van der Waals surface area contributed by atoms with E-state index in [4.69, 9.17) is 41.2 Å². The summed E-state index contributed by atoms with van der Waals surface area (Å²) in [6.45, 7) is 2.74. The summed E-state index contributed by atoms with van der Waals surface area (Å²) >= 11 is 0. The smallest absolute Gasteiger partial charge is 0.255 e. The molecule has 0 heterocycles. The number of guanidine groups is 2. The normalized spacial score (nSPS) is 16.1. The van der Waals surface area contributed by atoms with E-state index < -0.39 is 5.91 Å². The Hall–Kier alpha value is -5.98. The lowest BCUT2D eigenvalue weighted by Crippen LogP contribution is -2.44. The fraction of sp³-hybridized carbons (Fsp3) is 0.609. The third kappa shape index (κ3) is 17.5. The molecule has 360 valence electrons. The number of hydrogen-bond acceptors (Lipinski definition) is 11. The minimum absolute atomic E-state index is 0.0782. The van der Waals surface area contributed by atoms with Gasteiger partial charge < -0.3 is 67.2 Å². The SMILES string of the molecule is COc1cc(OC)c(C(=O)N[C@H]2CC[C@@H](NC(=O)c3cc(C(=O)NCCN(C)C)c(OCCCCCNC(=N)N)cc3OCCCCCNC(=N)N)CC2)cc1C(=O)NC1CCCCC1. The summed E-state index contributed by atoms with van der Waals surface area (Å²) in [5, 5.41) is 32.6. The Labute approximate surface area is 383 Å². The zero-order chi connectivity index (χ0) is 47.1. The topological polar surface area (TPSA) is 280 Å². The van der Waals surface area contributed by atoms with Gasteiger partial charge in [0.15, 0.2) is 11.9 Å². The summed E-state index contributed by atoms with van der Waals surface area (Å²) in [6, 6.07) is 5.94. The standard InChI is InChI=1S/C46H73N11O8/c1-57(2)23-22-51-41(58)35-27-36(40(65-25-13-7-11-21-53-46(49)50)29-39(35)64-24-12-6-10-20-52-45(47)48)44(61)56-32-18-16-31(17-19-32)55-43(60)34-26-33(37(62-3)28-38(34)63-4)42(59)54-30-14-8-5-9-15-30/h26-32H,5-25H2,1-4H3,(H,51,58)(H,54,59)(H,55,60)(H,56,61)(H4,47,48,52)(H4,49,50,53)/t31-,32+. The summed E-state index contributed by atoms with van der Waals surface area (Å²) < 4.78 is 23.5. The fourth-order valence-corrected chi connectivity index (χ4v) is 7.93. The molecule has 4 rings (SSSR count). The minimum Gasteiger partial charge on any atom is -0.496 e. The Balaban J connectivity index is 1.46. The van der Waals surface area contributed by atoms with Gasteiger partial charge in [0.2, 0.25) is 0 Å². The van der Waals surface area contributed by atoms with Crippen molar-refractivity contribution in [2.45, 2.75) is 114 Å². The highest BCUT2D eigenvalue weighted by Crippen LogP contribution is 2.33. The fourth-order valence-electron chi connectivity index (χ4n) is 7.93. The number of hydrogen-bond donors (Lipinski definition) is 10. The van der Waals surface area contributed by atoms with Gasteiger partial charge in [-0.2, -0.15) is 0 Å². The van der Waals surface area contributed by atoms with E-state index in [1.54, 1.807) is 12.1 Å². The molecule has 0 bridgehead atoms. The van der Waals surface area contributed by atoms with Gasteiger partial charge in [0.05, 0.1) is 49.7 Å². The van der Waals surface area contributed by atoms with Crippen LogP contribution in [-0.4, -0.2) is 126 Å². The first-order valence-corrected chi connectivity index (χ1v) is 23.0. The van der Waals surface area contributed by atoms with E-state index in [0.717, 1.165) is 57.8 Å². The van der Waals surface area contributed by atoms with Crippen LogP contribution in [0.1, 0.15) is 138 Å². The van der Waals surface area contributed by atoms with Gasteiger partial charge in [-0.15, -0.1) is 0 Å². The van der Waals surface area contributed by atoms with E-state index in [-0.39, 0.29) is 75.8 Å². The van der Waals surface area contributed by atoms with Gasteiger partial charge in [-0.05, 0) is 103 Å². The van der Waals surface area contributed by atoms with Crippen LogP contribution >= 0.6 is 0 Å². The molecule has 2 aromatic rings. The van der Waals surface area contributed by atoms with Crippen molar-refractivity contribution in [3.05, 3.63) is 46.5 Å². The highest BCUT2D eigenvalue weighted by molar-refractivity contribution is 6.04. The second-order valence-corrected chi connectivity index (χ2v) is 17.0. The van der Waals surface area contributed by atoms with E-state index in [1.807, 2.05) is 19.0 Å². The maximum atomic E-state index is 14.2. The molecule has 2 aliphatic rings. The molecule has 65 heavy (non-hydrogen) atoms. The molecule has 12 N–H and O–H groups in total. The average molecular weight is 908 g/mol.